The van der Waals surface area contributed by atoms with E-state index < -0.39 is 13.4 Å². The quantitative estimate of drug-likeness (QED) is 0.717. The topological polar surface area (TPSA) is 68.2 Å². The molecule has 1 rings (SSSR count). The van der Waals surface area contributed by atoms with Crippen LogP contribution in [0.3, 0.4) is 0 Å². The van der Waals surface area contributed by atoms with Gasteiger partial charge in [-0.15, -0.1) is 0 Å². The highest BCUT2D eigenvalue weighted by Gasteiger charge is 2.45. The van der Waals surface area contributed by atoms with Crippen LogP contribution in [0.2, 0.25) is 0 Å². The fourth-order valence-electron chi connectivity index (χ4n) is 1.74. The molecule has 1 aliphatic heterocycles. The van der Waals surface area contributed by atoms with E-state index in [2.05, 4.69) is 0 Å². The second-order valence-electron chi connectivity index (χ2n) is 3.55. The molecule has 0 saturated carbocycles. The first kappa shape index (κ1) is 14.1. The predicted molar refractivity (Wildman–Crippen MR) is 59.0 cm³/mol. The van der Waals surface area contributed by atoms with Crippen LogP contribution in [0.1, 0.15) is 20.3 Å². The van der Waals surface area contributed by atoms with Crippen molar-refractivity contribution in [2.45, 2.75) is 32.2 Å². The molecule has 1 saturated heterocycles. The van der Waals surface area contributed by atoms with E-state index in [1.807, 2.05) is 0 Å². The minimum absolute atomic E-state index is 0.0981. The van der Waals surface area contributed by atoms with Gasteiger partial charge in [0.1, 0.15) is 11.9 Å². The van der Waals surface area contributed by atoms with Gasteiger partial charge in [-0.25, -0.2) is 0 Å². The van der Waals surface area contributed by atoms with Crippen LogP contribution in [-0.2, 0) is 18.5 Å². The highest BCUT2D eigenvalue weighted by atomic mass is 31.2. The number of hydrogen-bond acceptors (Lipinski definition) is 6. The van der Waals surface area contributed by atoms with Crippen LogP contribution in [0.5, 0.6) is 0 Å². The van der Waals surface area contributed by atoms with E-state index in [4.69, 9.17) is 19.0 Å². The normalized spacial score (nSPS) is 27.5. The molecule has 96 valence electrons. The summed E-state index contributed by atoms with van der Waals surface area (Å²) in [4.78, 5) is 5.31. The number of nitrogens with zero attached hydrogens (tertiary/aromatic N) is 1. The summed E-state index contributed by atoms with van der Waals surface area (Å²) >= 11 is 0. The maximum Gasteiger partial charge on any atom is 0.350 e. The summed E-state index contributed by atoms with van der Waals surface area (Å²) in [6.07, 6.45) is 0.119. The van der Waals surface area contributed by atoms with Crippen molar-refractivity contribution in [2.75, 3.05) is 26.9 Å². The van der Waals surface area contributed by atoms with Gasteiger partial charge >= 0.3 is 7.60 Å². The van der Waals surface area contributed by atoms with Gasteiger partial charge in [0.2, 0.25) is 0 Å². The lowest BCUT2D eigenvalue weighted by Crippen LogP contribution is -2.25. The summed E-state index contributed by atoms with van der Waals surface area (Å²) < 4.78 is 22.9. The lowest BCUT2D eigenvalue weighted by Gasteiger charge is -2.25. The predicted octanol–water partition coefficient (Wildman–Crippen LogP) is 1.21. The molecular weight excluding hydrogens is 233 g/mol. The van der Waals surface area contributed by atoms with Gasteiger partial charge in [-0.3, -0.25) is 9.40 Å². The van der Waals surface area contributed by atoms with Crippen LogP contribution in [0.15, 0.2) is 0 Å². The van der Waals surface area contributed by atoms with Crippen molar-refractivity contribution in [3.05, 3.63) is 0 Å². The molecule has 0 radical (unpaired) electrons. The Hall–Kier alpha value is 0.0300. The van der Waals surface area contributed by atoms with E-state index in [-0.39, 0.29) is 12.7 Å². The molecule has 1 aliphatic rings. The molecule has 0 amide bonds. The average molecular weight is 253 g/mol. The molecule has 0 aromatic heterocycles. The molecule has 6 nitrogen and oxygen atoms in total. The Bertz CT molecular complexity index is 252. The highest BCUT2D eigenvalue weighted by Crippen LogP contribution is 2.57. The minimum Gasteiger partial charge on any atom is -0.394 e. The van der Waals surface area contributed by atoms with Gasteiger partial charge in [0.15, 0.2) is 0 Å². The van der Waals surface area contributed by atoms with Crippen molar-refractivity contribution >= 4 is 7.60 Å². The van der Waals surface area contributed by atoms with Gasteiger partial charge in [-0.05, 0) is 13.8 Å². The molecule has 0 unspecified atom stereocenters. The fraction of sp³-hybridized carbons (Fsp3) is 1.00. The van der Waals surface area contributed by atoms with Crippen LogP contribution >= 0.6 is 7.60 Å². The summed E-state index contributed by atoms with van der Waals surface area (Å²) in [5.41, 5.74) is 0. The summed E-state index contributed by atoms with van der Waals surface area (Å²) in [6, 6.07) is 0. The summed E-state index contributed by atoms with van der Waals surface area (Å²) in [5.74, 6) is -0.440. The zero-order chi connectivity index (χ0) is 12.2. The third-order valence-electron chi connectivity index (χ3n) is 2.40. The highest BCUT2D eigenvalue weighted by molar-refractivity contribution is 7.54. The monoisotopic (exact) mass is 253 g/mol. The van der Waals surface area contributed by atoms with Crippen molar-refractivity contribution in [3.8, 4) is 0 Å². The van der Waals surface area contributed by atoms with Crippen molar-refractivity contribution in [3.63, 3.8) is 0 Å². The fourth-order valence-corrected chi connectivity index (χ4v) is 3.82. The molecule has 0 bridgehead atoms. The third-order valence-corrected chi connectivity index (χ3v) is 4.90. The van der Waals surface area contributed by atoms with Crippen LogP contribution in [-0.4, -0.2) is 48.9 Å². The number of hydroxylamine groups is 2. The SMILES string of the molecule is CCOP(=O)(OCC)[C@@H]1C[C@@H](CO)ON1C. The lowest BCUT2D eigenvalue weighted by molar-refractivity contribution is -0.145. The maximum absolute atomic E-state index is 12.4. The maximum atomic E-state index is 12.4. The molecule has 16 heavy (non-hydrogen) atoms. The van der Waals surface area contributed by atoms with Crippen LogP contribution in [0, 0.1) is 0 Å². The van der Waals surface area contributed by atoms with E-state index in [1.54, 1.807) is 20.9 Å². The average Bonchev–Trinajstić information content (AvgIpc) is 2.61. The first-order valence-corrected chi connectivity index (χ1v) is 7.07. The summed E-state index contributed by atoms with van der Waals surface area (Å²) in [5, 5.41) is 10.5. The Kier molecular flexibility index (Phi) is 5.37. The number of aliphatic hydroxyl groups is 1. The van der Waals surface area contributed by atoms with Crippen molar-refractivity contribution in [2.24, 2.45) is 0 Å². The Morgan fingerprint density at radius 2 is 2.00 bits per heavy atom. The van der Waals surface area contributed by atoms with E-state index in [0.717, 1.165) is 0 Å². The largest absolute Gasteiger partial charge is 0.394 e. The molecule has 7 heteroatoms. The number of aliphatic hydroxyl groups excluding tert-OH is 1. The molecule has 2 atom stereocenters. The number of hydrogen-bond donors (Lipinski definition) is 1. The van der Waals surface area contributed by atoms with Gasteiger partial charge in [-0.2, -0.15) is 5.06 Å². The molecule has 0 spiro atoms. The second kappa shape index (κ2) is 6.10. The molecule has 1 heterocycles. The molecule has 0 aliphatic carbocycles. The number of rotatable bonds is 6. The second-order valence-corrected chi connectivity index (χ2v) is 5.74. The smallest absolute Gasteiger partial charge is 0.350 e. The molecule has 0 aromatic carbocycles. The minimum atomic E-state index is -3.18. The molecule has 0 aromatic rings. The first-order chi connectivity index (χ1) is 7.57. The van der Waals surface area contributed by atoms with E-state index in [9.17, 15) is 4.57 Å². The Morgan fingerprint density at radius 1 is 1.44 bits per heavy atom. The lowest BCUT2D eigenvalue weighted by atomic mass is 10.3. The third kappa shape index (κ3) is 3.03. The molecule has 1 N–H and O–H groups in total. The Balaban J connectivity index is 2.75. The van der Waals surface area contributed by atoms with Crippen LogP contribution in [0.4, 0.5) is 0 Å². The van der Waals surface area contributed by atoms with Gasteiger partial charge in [0.25, 0.3) is 0 Å². The van der Waals surface area contributed by atoms with Gasteiger partial charge in [0.05, 0.1) is 19.8 Å². The van der Waals surface area contributed by atoms with Crippen molar-refractivity contribution in [1.29, 1.82) is 0 Å². The molecule has 1 fully saturated rings. The zero-order valence-corrected chi connectivity index (χ0v) is 10.9. The standard InChI is InChI=1S/C9H20NO5P/c1-4-13-16(12,14-5-2)9-6-8(7-11)15-10(9)3/h8-9,11H,4-7H2,1-3H3/t8-,9+/m0/s1. The Morgan fingerprint density at radius 3 is 2.38 bits per heavy atom. The zero-order valence-electron chi connectivity index (χ0n) is 9.96. The van der Waals surface area contributed by atoms with Gasteiger partial charge < -0.3 is 14.2 Å². The van der Waals surface area contributed by atoms with Crippen LogP contribution in [0.25, 0.3) is 0 Å². The van der Waals surface area contributed by atoms with Gasteiger partial charge in [-0.1, -0.05) is 0 Å². The summed E-state index contributed by atoms with van der Waals surface area (Å²) in [7, 11) is -1.51. The Labute approximate surface area is 96.0 Å². The van der Waals surface area contributed by atoms with Gasteiger partial charge in [0, 0.05) is 13.5 Å². The molecular formula is C9H20NO5P. The van der Waals surface area contributed by atoms with E-state index in [1.165, 1.54) is 5.06 Å². The first-order valence-electron chi connectivity index (χ1n) is 5.46. The van der Waals surface area contributed by atoms with Crippen LogP contribution < -0.4 is 0 Å². The summed E-state index contributed by atoms with van der Waals surface area (Å²) in [6.45, 7) is 4.09. The van der Waals surface area contributed by atoms with E-state index >= 15 is 0 Å². The van der Waals surface area contributed by atoms with E-state index in [0.29, 0.717) is 19.6 Å². The van der Waals surface area contributed by atoms with Crippen molar-refractivity contribution < 1.29 is 23.6 Å². The van der Waals surface area contributed by atoms with Crippen molar-refractivity contribution in [1.82, 2.24) is 5.06 Å².